The van der Waals surface area contributed by atoms with Crippen molar-refractivity contribution in [2.24, 2.45) is 0 Å². The van der Waals surface area contributed by atoms with E-state index in [2.05, 4.69) is 0 Å². The minimum absolute atomic E-state index is 0. The fourth-order valence-electron chi connectivity index (χ4n) is 1.87. The number of alkyl halides is 20. The zero-order valence-corrected chi connectivity index (χ0v) is 16.5. The van der Waals surface area contributed by atoms with E-state index in [0.29, 0.717) is 0 Å². The van der Waals surface area contributed by atoms with E-state index in [1.54, 1.807) is 0 Å². The first-order valence-electron chi connectivity index (χ1n) is 7.33. The summed E-state index contributed by atoms with van der Waals surface area (Å²) in [6, 6.07) is 0. The van der Waals surface area contributed by atoms with Crippen LogP contribution in [-0.2, 0) is 10.1 Å². The molecule has 0 aliphatic rings. The fraction of sp³-hybridized carbons (Fsp3) is 1.00. The Morgan fingerprint density at radius 3 is 1.03 bits per heavy atom. The van der Waals surface area contributed by atoms with E-state index < -0.39 is 75.6 Å². The molecule has 0 aromatic heterocycles. The average molecular weight is 613 g/mol. The van der Waals surface area contributed by atoms with E-state index in [9.17, 15) is 96.2 Å². The molecule has 0 fully saturated rings. The molecular formula is C11H7F20NO3S. The van der Waals surface area contributed by atoms with Crippen molar-refractivity contribution in [3.05, 3.63) is 0 Å². The molecule has 0 aliphatic carbocycles. The second-order valence-electron chi connectivity index (χ2n) is 6.35. The Morgan fingerprint density at radius 1 is 0.528 bits per heavy atom. The highest BCUT2D eigenvalue weighted by Gasteiger charge is 2.96. The van der Waals surface area contributed by atoms with Gasteiger partial charge in [0.1, 0.15) is 0 Å². The minimum Gasteiger partial charge on any atom is -0.344 e. The van der Waals surface area contributed by atoms with Gasteiger partial charge in [-0.1, -0.05) is 0 Å². The monoisotopic (exact) mass is 613 g/mol. The lowest BCUT2D eigenvalue weighted by Crippen LogP contribution is -2.75. The van der Waals surface area contributed by atoms with Gasteiger partial charge in [-0.05, 0) is 0 Å². The first-order valence-corrected chi connectivity index (χ1v) is 8.77. The van der Waals surface area contributed by atoms with Gasteiger partial charge in [0.15, 0.2) is 6.17 Å². The predicted octanol–water partition coefficient (Wildman–Crippen LogP) is 6.37. The Labute approximate surface area is 183 Å². The average Bonchev–Trinajstić information content (AvgIpc) is 2.57. The highest BCUT2D eigenvalue weighted by Crippen LogP contribution is 2.64. The van der Waals surface area contributed by atoms with Gasteiger partial charge in [-0.15, -0.1) is 0 Å². The molecule has 0 saturated carbocycles. The van der Waals surface area contributed by atoms with Crippen LogP contribution in [0.5, 0.6) is 0 Å². The van der Waals surface area contributed by atoms with Crippen molar-refractivity contribution in [2.45, 2.75) is 65.5 Å². The molecule has 0 heterocycles. The molecule has 36 heavy (non-hydrogen) atoms. The van der Waals surface area contributed by atoms with Crippen molar-refractivity contribution in [3.63, 3.8) is 0 Å². The third-order valence-electron chi connectivity index (χ3n) is 3.88. The molecule has 0 amide bonds. The van der Waals surface area contributed by atoms with E-state index in [0.717, 1.165) is 0 Å². The summed E-state index contributed by atoms with van der Waals surface area (Å²) in [6.45, 7) is 0. The minimum atomic E-state index is -9.10. The van der Waals surface area contributed by atoms with Gasteiger partial charge < -0.3 is 6.15 Å². The molecule has 1 unspecified atom stereocenters. The Balaban J connectivity index is 0. The second kappa shape index (κ2) is 9.04. The molecule has 0 saturated heterocycles. The summed E-state index contributed by atoms with van der Waals surface area (Å²) in [4.78, 5) is 0. The Hall–Kier alpha value is -1.53. The number of rotatable bonds is 10. The Bertz CT molecular complexity index is 893. The molecule has 220 valence electrons. The lowest BCUT2D eigenvalue weighted by Gasteiger charge is -2.43. The van der Waals surface area contributed by atoms with Crippen molar-refractivity contribution in [3.8, 4) is 0 Å². The molecular weight excluding hydrogens is 606 g/mol. The van der Waals surface area contributed by atoms with Crippen molar-refractivity contribution in [1.29, 1.82) is 0 Å². The van der Waals surface area contributed by atoms with Crippen molar-refractivity contribution < 1.29 is 101 Å². The van der Waals surface area contributed by atoms with Crippen LogP contribution >= 0.6 is 0 Å². The standard InChI is InChI=1S/C11H4F20O3S.H3N/c12-2(1-3(13,14)15)4(16,17)5(18,19)6(20,21)7(22,23)8(24,25)9(26,27)10(28,29)11(30,31)35(32,33)34;/h2H,1H2,(H,32,33,34);1H3. The lowest BCUT2D eigenvalue weighted by atomic mass is 9.87. The van der Waals surface area contributed by atoms with Crippen molar-refractivity contribution in [2.75, 3.05) is 0 Å². The fourth-order valence-corrected chi connectivity index (χ4v) is 2.32. The molecule has 0 aliphatic heterocycles. The van der Waals surface area contributed by atoms with Crippen LogP contribution in [0.25, 0.3) is 0 Å². The SMILES string of the molecule is N.O=S(=O)(O)C(F)(F)C(F)(F)C(F)(F)C(F)(F)C(F)(F)C(F)(F)C(F)(F)C(F)(F)C(F)CC(F)(F)F. The van der Waals surface area contributed by atoms with E-state index in [1.165, 1.54) is 0 Å². The van der Waals surface area contributed by atoms with Gasteiger partial charge in [0, 0.05) is 0 Å². The van der Waals surface area contributed by atoms with E-state index in [4.69, 9.17) is 4.55 Å². The van der Waals surface area contributed by atoms with Crippen LogP contribution in [0, 0.1) is 0 Å². The van der Waals surface area contributed by atoms with Crippen LogP contribution in [0.3, 0.4) is 0 Å². The first kappa shape index (κ1) is 36.6. The van der Waals surface area contributed by atoms with Gasteiger partial charge in [-0.25, -0.2) is 4.39 Å². The summed E-state index contributed by atoms with van der Waals surface area (Å²) in [5, 5.41) is -7.97. The summed E-state index contributed by atoms with van der Waals surface area (Å²) in [7, 11) is -8.02. The quantitative estimate of drug-likeness (QED) is 0.222. The zero-order valence-electron chi connectivity index (χ0n) is 15.7. The van der Waals surface area contributed by atoms with Crippen LogP contribution < -0.4 is 6.15 Å². The maximum Gasteiger partial charge on any atom is 0.438 e. The molecule has 0 aromatic rings. The molecule has 4 N–H and O–H groups in total. The van der Waals surface area contributed by atoms with Gasteiger partial charge in [0.25, 0.3) is 0 Å². The third-order valence-corrected chi connectivity index (χ3v) is 4.79. The van der Waals surface area contributed by atoms with Gasteiger partial charge >= 0.3 is 63.0 Å². The van der Waals surface area contributed by atoms with Crippen LogP contribution in [0.1, 0.15) is 6.42 Å². The summed E-state index contributed by atoms with van der Waals surface area (Å²) < 4.78 is 288. The molecule has 0 spiro atoms. The molecule has 4 nitrogen and oxygen atoms in total. The third kappa shape index (κ3) is 4.84. The highest BCUT2D eigenvalue weighted by atomic mass is 32.2. The molecule has 0 bridgehead atoms. The lowest BCUT2D eigenvalue weighted by molar-refractivity contribution is -0.452. The molecule has 25 heteroatoms. The van der Waals surface area contributed by atoms with Gasteiger partial charge in [-0.2, -0.15) is 91.8 Å². The largest absolute Gasteiger partial charge is 0.438 e. The number of hydrogen-bond donors (Lipinski definition) is 2. The highest BCUT2D eigenvalue weighted by molar-refractivity contribution is 7.87. The second-order valence-corrected chi connectivity index (χ2v) is 7.81. The summed E-state index contributed by atoms with van der Waals surface area (Å²) in [5.74, 6) is -61.1. The smallest absolute Gasteiger partial charge is 0.344 e. The zero-order chi connectivity index (χ0) is 29.3. The predicted molar refractivity (Wildman–Crippen MR) is 71.7 cm³/mol. The van der Waals surface area contributed by atoms with Crippen LogP contribution in [0.2, 0.25) is 0 Å². The van der Waals surface area contributed by atoms with E-state index in [1.807, 2.05) is 0 Å². The Morgan fingerprint density at radius 2 is 0.778 bits per heavy atom. The molecule has 0 rings (SSSR count). The van der Waals surface area contributed by atoms with E-state index >= 15 is 0 Å². The van der Waals surface area contributed by atoms with Crippen molar-refractivity contribution >= 4 is 10.1 Å². The number of halogens is 20. The topological polar surface area (TPSA) is 89.4 Å². The van der Waals surface area contributed by atoms with Crippen molar-refractivity contribution in [1.82, 2.24) is 6.15 Å². The van der Waals surface area contributed by atoms with Crippen LogP contribution in [0.15, 0.2) is 0 Å². The van der Waals surface area contributed by atoms with Crippen LogP contribution in [-0.4, -0.2) is 72.0 Å². The first-order chi connectivity index (χ1) is 14.6. The van der Waals surface area contributed by atoms with Crippen LogP contribution in [0.4, 0.5) is 87.8 Å². The Kier molecular flexibility index (Phi) is 9.20. The normalized spacial score (nSPS) is 17.0. The molecule has 1 atom stereocenters. The maximum absolute atomic E-state index is 13.4. The number of hydrogen-bond acceptors (Lipinski definition) is 3. The molecule has 0 radical (unpaired) electrons. The van der Waals surface area contributed by atoms with Gasteiger partial charge in [-0.3, -0.25) is 4.55 Å². The summed E-state index contributed by atoms with van der Waals surface area (Å²) in [5.41, 5.74) is 0. The van der Waals surface area contributed by atoms with Gasteiger partial charge in [0.2, 0.25) is 0 Å². The van der Waals surface area contributed by atoms with E-state index in [-0.39, 0.29) is 6.15 Å². The maximum atomic E-state index is 13.4. The summed E-state index contributed by atoms with van der Waals surface area (Å²) in [6.07, 6.45) is -15.9. The summed E-state index contributed by atoms with van der Waals surface area (Å²) >= 11 is 0. The molecule has 0 aromatic carbocycles. The van der Waals surface area contributed by atoms with Gasteiger partial charge in [0.05, 0.1) is 6.42 Å².